The minimum atomic E-state index is 0.190. The van der Waals surface area contributed by atoms with Gasteiger partial charge in [-0.25, -0.2) is 0 Å². The number of rotatable bonds is 2. The molecule has 0 saturated carbocycles. The molecule has 0 atom stereocenters. The van der Waals surface area contributed by atoms with Crippen LogP contribution in [0, 0.1) is 0 Å². The fourth-order valence-corrected chi connectivity index (χ4v) is 2.49. The van der Waals surface area contributed by atoms with Gasteiger partial charge in [-0.2, -0.15) is 0 Å². The van der Waals surface area contributed by atoms with E-state index in [1.165, 1.54) is 17.5 Å². The Bertz CT molecular complexity index is 649. The fourth-order valence-electron chi connectivity index (χ4n) is 1.58. The quantitative estimate of drug-likeness (QED) is 0.744. The number of aromatic nitrogens is 1. The van der Waals surface area contributed by atoms with Gasteiger partial charge in [0.2, 0.25) is 0 Å². The summed E-state index contributed by atoms with van der Waals surface area (Å²) in [5, 5.41) is 11.3. The second kappa shape index (κ2) is 4.07. The second-order valence-corrected chi connectivity index (χ2v) is 4.57. The molecule has 0 aliphatic rings. The van der Waals surface area contributed by atoms with Crippen LogP contribution in [0.15, 0.2) is 48.8 Å². The van der Waals surface area contributed by atoms with E-state index < -0.39 is 0 Å². The van der Waals surface area contributed by atoms with Gasteiger partial charge >= 0.3 is 0 Å². The number of benzene rings is 1. The van der Waals surface area contributed by atoms with E-state index in [0.29, 0.717) is 0 Å². The Labute approximate surface area is 102 Å². The zero-order valence-corrected chi connectivity index (χ0v) is 9.65. The first kappa shape index (κ1) is 10.1. The van der Waals surface area contributed by atoms with Gasteiger partial charge in [0.15, 0.2) is 10.8 Å². The summed E-state index contributed by atoms with van der Waals surface area (Å²) in [6.07, 6.45) is 3.15. The SMILES string of the molecule is Oc1cncc2cc(Oc3ccccc3)sc12. The lowest BCUT2D eigenvalue weighted by Crippen LogP contribution is -1.78. The second-order valence-electron chi connectivity index (χ2n) is 3.56. The van der Waals surface area contributed by atoms with E-state index in [1.54, 1.807) is 6.20 Å². The highest BCUT2D eigenvalue weighted by atomic mass is 32.1. The molecule has 0 fully saturated rings. The van der Waals surface area contributed by atoms with E-state index >= 15 is 0 Å². The molecule has 4 heteroatoms. The van der Waals surface area contributed by atoms with Gasteiger partial charge in [-0.1, -0.05) is 29.5 Å². The van der Waals surface area contributed by atoms with Crippen LogP contribution in [-0.2, 0) is 0 Å². The normalized spacial score (nSPS) is 10.6. The van der Waals surface area contributed by atoms with Gasteiger partial charge in [-0.15, -0.1) is 0 Å². The molecule has 0 bridgehead atoms. The molecule has 84 valence electrons. The molecule has 0 unspecified atom stereocenters. The van der Waals surface area contributed by atoms with Gasteiger partial charge in [0.05, 0.1) is 10.9 Å². The Kier molecular flexibility index (Phi) is 2.42. The maximum atomic E-state index is 9.64. The zero-order valence-electron chi connectivity index (χ0n) is 8.83. The Balaban J connectivity index is 1.99. The van der Waals surface area contributed by atoms with Gasteiger partial charge in [0, 0.05) is 17.6 Å². The van der Waals surface area contributed by atoms with Crippen molar-refractivity contribution in [1.29, 1.82) is 0 Å². The highest BCUT2D eigenvalue weighted by Gasteiger charge is 2.07. The molecule has 0 amide bonds. The summed E-state index contributed by atoms with van der Waals surface area (Å²) in [6.45, 7) is 0. The van der Waals surface area contributed by atoms with Crippen molar-refractivity contribution in [3.05, 3.63) is 48.8 Å². The Morgan fingerprint density at radius 1 is 1.12 bits per heavy atom. The molecule has 3 rings (SSSR count). The largest absolute Gasteiger partial charge is 0.505 e. The maximum absolute atomic E-state index is 9.64. The molecule has 0 radical (unpaired) electrons. The monoisotopic (exact) mass is 243 g/mol. The fraction of sp³-hybridized carbons (Fsp3) is 0. The third-order valence-electron chi connectivity index (χ3n) is 2.34. The van der Waals surface area contributed by atoms with Crippen molar-refractivity contribution >= 4 is 21.4 Å². The highest BCUT2D eigenvalue weighted by molar-refractivity contribution is 7.21. The Morgan fingerprint density at radius 3 is 2.71 bits per heavy atom. The first-order chi connectivity index (χ1) is 8.33. The molecule has 0 aliphatic heterocycles. The average Bonchev–Trinajstić information content (AvgIpc) is 2.74. The van der Waals surface area contributed by atoms with E-state index in [1.807, 2.05) is 36.4 Å². The smallest absolute Gasteiger partial charge is 0.182 e. The number of aromatic hydroxyl groups is 1. The molecule has 3 nitrogen and oxygen atoms in total. The molecule has 1 aromatic carbocycles. The van der Waals surface area contributed by atoms with E-state index in [9.17, 15) is 5.11 Å². The van der Waals surface area contributed by atoms with Crippen LogP contribution in [0.4, 0.5) is 0 Å². The lowest BCUT2D eigenvalue weighted by atomic mass is 10.3. The van der Waals surface area contributed by atoms with Crippen LogP contribution in [0.3, 0.4) is 0 Å². The number of para-hydroxylation sites is 1. The summed E-state index contributed by atoms with van der Waals surface area (Å²) in [6, 6.07) is 11.4. The van der Waals surface area contributed by atoms with Crippen molar-refractivity contribution in [2.75, 3.05) is 0 Å². The average molecular weight is 243 g/mol. The van der Waals surface area contributed by atoms with Crippen molar-refractivity contribution in [2.24, 2.45) is 0 Å². The number of ether oxygens (including phenoxy) is 1. The Morgan fingerprint density at radius 2 is 1.94 bits per heavy atom. The van der Waals surface area contributed by atoms with E-state index in [0.717, 1.165) is 20.9 Å². The summed E-state index contributed by atoms with van der Waals surface area (Å²) < 4.78 is 6.50. The highest BCUT2D eigenvalue weighted by Crippen LogP contribution is 2.38. The van der Waals surface area contributed by atoms with Gasteiger partial charge in [0.1, 0.15) is 5.75 Å². The van der Waals surface area contributed by atoms with Crippen molar-refractivity contribution in [3.63, 3.8) is 0 Å². The number of nitrogens with zero attached hydrogens (tertiary/aromatic N) is 1. The van der Waals surface area contributed by atoms with Gasteiger partial charge < -0.3 is 9.84 Å². The molecule has 17 heavy (non-hydrogen) atoms. The van der Waals surface area contributed by atoms with Crippen LogP contribution in [0.1, 0.15) is 0 Å². The first-order valence-electron chi connectivity index (χ1n) is 5.12. The summed E-state index contributed by atoms with van der Waals surface area (Å²) in [7, 11) is 0. The standard InChI is InChI=1S/C13H9NO2S/c15-11-8-14-7-9-6-12(17-13(9)11)16-10-4-2-1-3-5-10/h1-8,15H. The molecular weight excluding hydrogens is 234 g/mol. The maximum Gasteiger partial charge on any atom is 0.182 e. The molecule has 3 aromatic rings. The Hall–Kier alpha value is -2.07. The first-order valence-corrected chi connectivity index (χ1v) is 5.94. The van der Waals surface area contributed by atoms with E-state index in [4.69, 9.17) is 4.74 Å². The van der Waals surface area contributed by atoms with Crippen molar-refractivity contribution in [2.45, 2.75) is 0 Å². The summed E-state index contributed by atoms with van der Waals surface area (Å²) in [5.74, 6) is 0.974. The van der Waals surface area contributed by atoms with Crippen molar-refractivity contribution in [3.8, 4) is 16.6 Å². The van der Waals surface area contributed by atoms with E-state index in [-0.39, 0.29) is 5.75 Å². The topological polar surface area (TPSA) is 42.4 Å². The van der Waals surface area contributed by atoms with Crippen molar-refractivity contribution < 1.29 is 9.84 Å². The van der Waals surface area contributed by atoms with Gasteiger partial charge in [-0.3, -0.25) is 4.98 Å². The minimum absolute atomic E-state index is 0.190. The van der Waals surface area contributed by atoms with Gasteiger partial charge in [-0.05, 0) is 12.1 Å². The van der Waals surface area contributed by atoms with Crippen LogP contribution in [0.5, 0.6) is 16.6 Å². The van der Waals surface area contributed by atoms with Crippen LogP contribution in [-0.4, -0.2) is 10.1 Å². The number of fused-ring (bicyclic) bond motifs is 1. The summed E-state index contributed by atoms with van der Waals surface area (Å²) >= 11 is 1.41. The van der Waals surface area contributed by atoms with Gasteiger partial charge in [0.25, 0.3) is 0 Å². The minimum Gasteiger partial charge on any atom is -0.505 e. The summed E-state index contributed by atoms with van der Waals surface area (Å²) in [4.78, 5) is 3.93. The third-order valence-corrected chi connectivity index (χ3v) is 3.39. The molecule has 2 aromatic heterocycles. The lowest BCUT2D eigenvalue weighted by molar-refractivity contribution is 0.480. The third kappa shape index (κ3) is 1.94. The molecule has 0 spiro atoms. The zero-order chi connectivity index (χ0) is 11.7. The van der Waals surface area contributed by atoms with Crippen LogP contribution >= 0.6 is 11.3 Å². The number of hydrogen-bond acceptors (Lipinski definition) is 4. The molecular formula is C13H9NO2S. The van der Waals surface area contributed by atoms with E-state index in [2.05, 4.69) is 4.98 Å². The molecule has 0 saturated heterocycles. The predicted molar refractivity (Wildman–Crippen MR) is 67.8 cm³/mol. The number of thiophene rings is 1. The molecule has 0 aliphatic carbocycles. The van der Waals surface area contributed by atoms with Crippen LogP contribution in [0.25, 0.3) is 10.1 Å². The molecule has 1 N–H and O–H groups in total. The van der Waals surface area contributed by atoms with Crippen LogP contribution < -0.4 is 4.74 Å². The number of hydrogen-bond donors (Lipinski definition) is 1. The van der Waals surface area contributed by atoms with Crippen LogP contribution in [0.2, 0.25) is 0 Å². The molecule has 2 heterocycles. The number of pyridine rings is 1. The summed E-state index contributed by atoms with van der Waals surface area (Å²) in [5.41, 5.74) is 0. The lowest BCUT2D eigenvalue weighted by Gasteiger charge is -2.00. The van der Waals surface area contributed by atoms with Crippen molar-refractivity contribution in [1.82, 2.24) is 4.98 Å². The predicted octanol–water partition coefficient (Wildman–Crippen LogP) is 3.79.